The fourth-order valence-corrected chi connectivity index (χ4v) is 1.98. The molecule has 1 atom stereocenters. The third kappa shape index (κ3) is 6.13. The first-order valence-electron chi connectivity index (χ1n) is 5.90. The highest BCUT2D eigenvalue weighted by atomic mass is 79.9. The number of ether oxygens (including phenoxy) is 1. The second-order valence-corrected chi connectivity index (χ2v) is 5.03. The first-order chi connectivity index (χ1) is 9.02. The number of halogens is 2. The van der Waals surface area contributed by atoms with Crippen LogP contribution in [0, 0.1) is 5.82 Å². The highest BCUT2D eigenvalue weighted by molar-refractivity contribution is 9.10. The van der Waals surface area contributed by atoms with Crippen LogP contribution in [0.1, 0.15) is 12.0 Å². The highest BCUT2D eigenvalue weighted by Gasteiger charge is 2.07. The topological polar surface area (TPSA) is 58.6 Å². The van der Waals surface area contributed by atoms with Crippen LogP contribution in [0.4, 0.5) is 4.39 Å². The van der Waals surface area contributed by atoms with Crippen molar-refractivity contribution in [3.63, 3.8) is 0 Å². The zero-order chi connectivity index (χ0) is 14.3. The molecule has 0 radical (unpaired) electrons. The number of hydrogen-bond donors (Lipinski definition) is 2. The van der Waals surface area contributed by atoms with Crippen molar-refractivity contribution in [2.45, 2.75) is 18.9 Å². The van der Waals surface area contributed by atoms with Crippen LogP contribution >= 0.6 is 15.9 Å². The molecule has 4 nitrogen and oxygen atoms in total. The first-order valence-corrected chi connectivity index (χ1v) is 6.70. The number of amides is 1. The lowest BCUT2D eigenvalue weighted by Gasteiger charge is -2.10. The molecule has 0 bridgehead atoms. The van der Waals surface area contributed by atoms with Crippen molar-refractivity contribution in [1.29, 1.82) is 0 Å². The predicted molar refractivity (Wildman–Crippen MR) is 73.3 cm³/mol. The van der Waals surface area contributed by atoms with E-state index in [4.69, 9.17) is 4.74 Å². The Morgan fingerprint density at radius 1 is 1.58 bits per heavy atom. The number of aliphatic hydroxyl groups excluding tert-OH is 1. The second-order valence-electron chi connectivity index (χ2n) is 4.17. The monoisotopic (exact) mass is 333 g/mol. The number of carbonyl (C=O) groups is 1. The van der Waals surface area contributed by atoms with Crippen molar-refractivity contribution >= 4 is 21.8 Å². The van der Waals surface area contributed by atoms with Crippen LogP contribution in [-0.4, -0.2) is 37.4 Å². The summed E-state index contributed by atoms with van der Waals surface area (Å²) in [6.07, 6.45) is 0.0386. The predicted octanol–water partition coefficient (Wildman–Crippen LogP) is 1.64. The molecule has 1 unspecified atom stereocenters. The molecule has 0 heterocycles. The quantitative estimate of drug-likeness (QED) is 0.797. The van der Waals surface area contributed by atoms with Crippen molar-refractivity contribution in [3.05, 3.63) is 34.1 Å². The Kier molecular flexibility index (Phi) is 6.97. The molecule has 0 saturated heterocycles. The van der Waals surface area contributed by atoms with Gasteiger partial charge in [0.05, 0.1) is 23.6 Å². The maximum absolute atomic E-state index is 13.0. The summed E-state index contributed by atoms with van der Waals surface area (Å²) >= 11 is 3.07. The first kappa shape index (κ1) is 16.1. The van der Waals surface area contributed by atoms with Crippen LogP contribution < -0.4 is 5.32 Å². The second kappa shape index (κ2) is 8.24. The lowest BCUT2D eigenvalue weighted by molar-refractivity contribution is -0.120. The van der Waals surface area contributed by atoms with Crippen molar-refractivity contribution in [3.8, 4) is 0 Å². The minimum Gasteiger partial charge on any atom is -0.391 e. The number of nitrogens with one attached hydrogen (secondary N) is 1. The van der Waals surface area contributed by atoms with Gasteiger partial charge in [-0.15, -0.1) is 0 Å². The van der Waals surface area contributed by atoms with Crippen molar-refractivity contribution in [2.75, 3.05) is 20.3 Å². The van der Waals surface area contributed by atoms with Gasteiger partial charge in [0.25, 0.3) is 0 Å². The average molecular weight is 334 g/mol. The van der Waals surface area contributed by atoms with Crippen LogP contribution in [0.5, 0.6) is 0 Å². The molecule has 0 aliphatic rings. The van der Waals surface area contributed by atoms with E-state index in [1.807, 2.05) is 0 Å². The third-order valence-corrected chi connectivity index (χ3v) is 3.12. The van der Waals surface area contributed by atoms with E-state index in [1.165, 1.54) is 13.2 Å². The van der Waals surface area contributed by atoms with Gasteiger partial charge in [0.15, 0.2) is 0 Å². The molecule has 0 saturated carbocycles. The molecular formula is C13H17BrFNO3. The summed E-state index contributed by atoms with van der Waals surface area (Å²) in [6, 6.07) is 4.46. The Bertz CT molecular complexity index is 428. The smallest absolute Gasteiger partial charge is 0.224 e. The normalized spacial score (nSPS) is 12.2. The number of rotatable bonds is 7. The van der Waals surface area contributed by atoms with Gasteiger partial charge in [-0.05, 0) is 40.0 Å². The number of carbonyl (C=O) groups excluding carboxylic acids is 1. The Labute approximate surface area is 120 Å². The summed E-state index contributed by atoms with van der Waals surface area (Å²) in [6.45, 7) is 0.631. The van der Waals surface area contributed by atoms with Gasteiger partial charge in [-0.3, -0.25) is 4.79 Å². The molecule has 6 heteroatoms. The molecule has 1 rings (SSSR count). The Balaban J connectivity index is 2.33. The SMILES string of the molecule is COCC(O)CCNC(=O)Cc1ccc(F)c(Br)c1. The van der Waals surface area contributed by atoms with E-state index in [9.17, 15) is 14.3 Å². The molecule has 1 aromatic rings. The summed E-state index contributed by atoms with van der Waals surface area (Å²) in [7, 11) is 1.51. The molecule has 0 spiro atoms. The van der Waals surface area contributed by atoms with Crippen LogP contribution in [0.2, 0.25) is 0 Å². The largest absolute Gasteiger partial charge is 0.391 e. The van der Waals surface area contributed by atoms with Gasteiger partial charge < -0.3 is 15.2 Å². The molecule has 19 heavy (non-hydrogen) atoms. The van der Waals surface area contributed by atoms with E-state index in [0.29, 0.717) is 17.4 Å². The number of methoxy groups -OCH3 is 1. The van der Waals surface area contributed by atoms with Crippen molar-refractivity contribution < 1.29 is 19.0 Å². The molecule has 2 N–H and O–H groups in total. The molecule has 0 fully saturated rings. The maximum atomic E-state index is 13.0. The molecule has 1 aromatic carbocycles. The zero-order valence-corrected chi connectivity index (χ0v) is 12.2. The molecule has 1 amide bonds. The number of hydrogen-bond acceptors (Lipinski definition) is 3. The maximum Gasteiger partial charge on any atom is 0.224 e. The summed E-state index contributed by atoms with van der Waals surface area (Å²) in [5.74, 6) is -0.519. The Hall–Kier alpha value is -0.980. The summed E-state index contributed by atoms with van der Waals surface area (Å²) in [4.78, 5) is 11.6. The molecule has 0 aliphatic heterocycles. The van der Waals surface area contributed by atoms with Gasteiger partial charge in [0.1, 0.15) is 5.82 Å². The number of benzene rings is 1. The van der Waals surface area contributed by atoms with E-state index < -0.39 is 6.10 Å². The van der Waals surface area contributed by atoms with Gasteiger partial charge in [-0.1, -0.05) is 6.07 Å². The lowest BCUT2D eigenvalue weighted by Crippen LogP contribution is -2.29. The highest BCUT2D eigenvalue weighted by Crippen LogP contribution is 2.17. The zero-order valence-electron chi connectivity index (χ0n) is 10.7. The molecular weight excluding hydrogens is 317 g/mol. The van der Waals surface area contributed by atoms with Crippen molar-refractivity contribution in [2.24, 2.45) is 0 Å². The van der Waals surface area contributed by atoms with Crippen LogP contribution in [0.25, 0.3) is 0 Å². The molecule has 106 valence electrons. The fourth-order valence-electron chi connectivity index (χ4n) is 1.55. The average Bonchev–Trinajstić information content (AvgIpc) is 2.34. The van der Waals surface area contributed by atoms with Crippen molar-refractivity contribution in [1.82, 2.24) is 5.32 Å². The Morgan fingerprint density at radius 2 is 2.32 bits per heavy atom. The van der Waals surface area contributed by atoms with Gasteiger partial charge in [0.2, 0.25) is 5.91 Å². The van der Waals surface area contributed by atoms with Gasteiger partial charge >= 0.3 is 0 Å². The van der Waals surface area contributed by atoms with Crippen LogP contribution in [-0.2, 0) is 16.0 Å². The van der Waals surface area contributed by atoms with Crippen LogP contribution in [0.15, 0.2) is 22.7 Å². The molecule has 0 aliphatic carbocycles. The summed E-state index contributed by atoms with van der Waals surface area (Å²) < 4.78 is 18.1. The van der Waals surface area contributed by atoms with E-state index in [1.54, 1.807) is 12.1 Å². The fraction of sp³-hybridized carbons (Fsp3) is 0.462. The number of aliphatic hydroxyl groups is 1. The summed E-state index contributed by atoms with van der Waals surface area (Å²) in [5, 5.41) is 12.1. The van der Waals surface area contributed by atoms with Gasteiger partial charge in [-0.2, -0.15) is 0 Å². The van der Waals surface area contributed by atoms with Gasteiger partial charge in [-0.25, -0.2) is 4.39 Å². The Morgan fingerprint density at radius 3 is 2.95 bits per heavy atom. The standard InChI is InChI=1S/C13H17BrFNO3/c1-19-8-10(17)4-5-16-13(18)7-9-2-3-12(15)11(14)6-9/h2-3,6,10,17H,4-5,7-8H2,1H3,(H,16,18). The van der Waals surface area contributed by atoms with E-state index in [-0.39, 0.29) is 24.8 Å². The van der Waals surface area contributed by atoms with E-state index in [2.05, 4.69) is 21.2 Å². The van der Waals surface area contributed by atoms with Gasteiger partial charge in [0, 0.05) is 13.7 Å². The van der Waals surface area contributed by atoms with Crippen LogP contribution in [0.3, 0.4) is 0 Å². The third-order valence-electron chi connectivity index (χ3n) is 2.51. The minimum absolute atomic E-state index is 0.164. The lowest BCUT2D eigenvalue weighted by atomic mass is 10.1. The molecule has 0 aromatic heterocycles. The minimum atomic E-state index is -0.578. The van der Waals surface area contributed by atoms with E-state index in [0.717, 1.165) is 5.56 Å². The van der Waals surface area contributed by atoms with E-state index >= 15 is 0 Å². The summed E-state index contributed by atoms with van der Waals surface area (Å²) in [5.41, 5.74) is 0.725.